The van der Waals surface area contributed by atoms with Crippen LogP contribution in [0.4, 0.5) is 0 Å². The van der Waals surface area contributed by atoms with Gasteiger partial charge in [-0.1, -0.05) is 72.8 Å². The van der Waals surface area contributed by atoms with Crippen LogP contribution >= 0.6 is 0 Å². The molecule has 0 radical (unpaired) electrons. The van der Waals surface area contributed by atoms with Gasteiger partial charge < -0.3 is 4.90 Å². The zero-order chi connectivity index (χ0) is 22.4. The third kappa shape index (κ3) is 6.15. The van der Waals surface area contributed by atoms with Crippen molar-refractivity contribution in [2.75, 3.05) is 0 Å². The van der Waals surface area contributed by atoms with Crippen molar-refractivity contribution in [2.24, 2.45) is 0 Å². The highest BCUT2D eigenvalue weighted by Gasteiger charge is 2.27. The lowest BCUT2D eigenvalue weighted by Crippen LogP contribution is -2.28. The molecule has 0 heterocycles. The Balaban J connectivity index is 1.46. The second-order valence-electron chi connectivity index (χ2n) is 7.96. The summed E-state index contributed by atoms with van der Waals surface area (Å²) in [5, 5.41) is 0. The van der Waals surface area contributed by atoms with Gasteiger partial charge in [0.2, 0.25) is 15.9 Å². The van der Waals surface area contributed by atoms with Gasteiger partial charge in [-0.3, -0.25) is 4.79 Å². The van der Waals surface area contributed by atoms with E-state index in [0.717, 1.165) is 29.5 Å². The maximum Gasteiger partial charge on any atom is 0.247 e. The molecule has 164 valence electrons. The lowest BCUT2D eigenvalue weighted by Gasteiger charge is -2.21. The molecule has 6 heteroatoms. The number of hydrogen-bond donors (Lipinski definition) is 1. The molecule has 5 nitrogen and oxygen atoms in total. The van der Waals surface area contributed by atoms with E-state index in [4.69, 9.17) is 0 Å². The standard InChI is InChI=1S/C26H26N2O3S/c29-26(18-13-21-11-16-25(17-12-21)32(30,31)27-24-14-15-24)28(19-22-7-3-1-4-8-22)20-23-9-5-2-6-10-23/h1-13,16-18,24,27H,14-15,19-20H2. The summed E-state index contributed by atoms with van der Waals surface area (Å²) >= 11 is 0. The first-order valence-electron chi connectivity index (χ1n) is 10.7. The van der Waals surface area contributed by atoms with Crippen molar-refractivity contribution in [3.05, 3.63) is 108 Å². The molecule has 0 unspecified atom stereocenters. The van der Waals surface area contributed by atoms with E-state index in [2.05, 4.69) is 4.72 Å². The second kappa shape index (κ2) is 9.94. The molecule has 1 fully saturated rings. The molecule has 32 heavy (non-hydrogen) atoms. The Bertz CT molecular complexity index is 1130. The maximum atomic E-state index is 13.0. The van der Waals surface area contributed by atoms with Gasteiger partial charge in [-0.2, -0.15) is 0 Å². The normalized spacial score (nSPS) is 13.9. The van der Waals surface area contributed by atoms with Gasteiger partial charge in [0.05, 0.1) is 4.90 Å². The SMILES string of the molecule is O=C(C=Cc1ccc(S(=O)(=O)NC2CC2)cc1)N(Cc1ccccc1)Cc1ccccc1. The first-order valence-corrected chi connectivity index (χ1v) is 12.2. The summed E-state index contributed by atoms with van der Waals surface area (Å²) in [5.41, 5.74) is 2.88. The van der Waals surface area contributed by atoms with Crippen molar-refractivity contribution in [2.45, 2.75) is 36.9 Å². The van der Waals surface area contributed by atoms with E-state index in [-0.39, 0.29) is 16.8 Å². The van der Waals surface area contributed by atoms with Gasteiger partial charge in [-0.15, -0.1) is 0 Å². The topological polar surface area (TPSA) is 66.5 Å². The van der Waals surface area contributed by atoms with Crippen LogP contribution < -0.4 is 4.72 Å². The van der Waals surface area contributed by atoms with Gasteiger partial charge >= 0.3 is 0 Å². The average molecular weight is 447 g/mol. The van der Waals surface area contributed by atoms with Crippen LogP contribution in [-0.4, -0.2) is 25.3 Å². The minimum absolute atomic E-state index is 0.0670. The number of carbonyl (C=O) groups is 1. The molecular formula is C26H26N2O3S. The fraction of sp³-hybridized carbons (Fsp3) is 0.192. The Hall–Kier alpha value is -3.22. The van der Waals surface area contributed by atoms with Crippen LogP contribution in [0.1, 0.15) is 29.5 Å². The zero-order valence-electron chi connectivity index (χ0n) is 17.7. The molecule has 1 aliphatic rings. The molecule has 3 aromatic carbocycles. The monoisotopic (exact) mass is 446 g/mol. The molecule has 0 aliphatic heterocycles. The predicted octanol–water partition coefficient (Wildman–Crippen LogP) is 4.37. The quantitative estimate of drug-likeness (QED) is 0.497. The van der Waals surface area contributed by atoms with Gasteiger partial charge in [-0.25, -0.2) is 13.1 Å². The van der Waals surface area contributed by atoms with Crippen LogP contribution in [0.2, 0.25) is 0 Å². The summed E-state index contributed by atoms with van der Waals surface area (Å²) in [6.07, 6.45) is 5.04. The lowest BCUT2D eigenvalue weighted by molar-refractivity contribution is -0.127. The highest BCUT2D eigenvalue weighted by atomic mass is 32.2. The molecule has 1 aliphatic carbocycles. The number of sulfonamides is 1. The number of carbonyl (C=O) groups excluding carboxylic acids is 1. The van der Waals surface area contributed by atoms with Crippen molar-refractivity contribution < 1.29 is 13.2 Å². The summed E-state index contributed by atoms with van der Waals surface area (Å²) in [5.74, 6) is -0.107. The van der Waals surface area contributed by atoms with Crippen molar-refractivity contribution in [3.63, 3.8) is 0 Å². The number of amides is 1. The molecule has 0 bridgehead atoms. The summed E-state index contributed by atoms with van der Waals surface area (Å²) in [4.78, 5) is 15.0. The molecule has 0 saturated heterocycles. The van der Waals surface area contributed by atoms with Crippen LogP contribution in [0.5, 0.6) is 0 Å². The highest BCUT2D eigenvalue weighted by Crippen LogP contribution is 2.22. The van der Waals surface area contributed by atoms with Crippen molar-refractivity contribution in [1.29, 1.82) is 0 Å². The van der Waals surface area contributed by atoms with Crippen LogP contribution in [0.3, 0.4) is 0 Å². The zero-order valence-corrected chi connectivity index (χ0v) is 18.5. The highest BCUT2D eigenvalue weighted by molar-refractivity contribution is 7.89. The summed E-state index contributed by atoms with van der Waals surface area (Å²) in [6, 6.07) is 26.4. The maximum absolute atomic E-state index is 13.0. The Morgan fingerprint density at radius 3 is 1.88 bits per heavy atom. The third-order valence-electron chi connectivity index (χ3n) is 5.25. The van der Waals surface area contributed by atoms with Gasteiger partial charge in [0.1, 0.15) is 0 Å². The summed E-state index contributed by atoms with van der Waals surface area (Å²) in [7, 11) is -3.48. The smallest absolute Gasteiger partial charge is 0.247 e. The first kappa shape index (κ1) is 22.0. The number of nitrogens with zero attached hydrogens (tertiary/aromatic N) is 1. The van der Waals surface area contributed by atoms with Gasteiger partial charge in [0, 0.05) is 25.2 Å². The van der Waals surface area contributed by atoms with Crippen molar-refractivity contribution >= 4 is 22.0 Å². The van der Waals surface area contributed by atoms with Crippen LogP contribution in [0.25, 0.3) is 6.08 Å². The van der Waals surface area contributed by atoms with Crippen molar-refractivity contribution in [3.8, 4) is 0 Å². The number of benzene rings is 3. The Labute approximate surface area is 189 Å². The Kier molecular flexibility index (Phi) is 6.83. The molecule has 1 N–H and O–H groups in total. The summed E-state index contributed by atoms with van der Waals surface area (Å²) in [6.45, 7) is 1.01. The van der Waals surface area contributed by atoms with Crippen LogP contribution in [0.15, 0.2) is 95.9 Å². The molecule has 3 aromatic rings. The van der Waals surface area contributed by atoms with E-state index in [9.17, 15) is 13.2 Å². The molecule has 1 amide bonds. The minimum atomic E-state index is -3.48. The van der Waals surface area contributed by atoms with Gasteiger partial charge in [-0.05, 0) is 47.7 Å². The van der Waals surface area contributed by atoms with E-state index in [1.54, 1.807) is 35.2 Å². The Morgan fingerprint density at radius 1 is 0.844 bits per heavy atom. The van der Waals surface area contributed by atoms with Gasteiger partial charge in [0.15, 0.2) is 0 Å². The van der Waals surface area contributed by atoms with E-state index < -0.39 is 10.0 Å². The van der Waals surface area contributed by atoms with Crippen molar-refractivity contribution in [1.82, 2.24) is 9.62 Å². The average Bonchev–Trinajstić information content (AvgIpc) is 3.62. The first-order chi connectivity index (χ1) is 15.5. The molecule has 0 spiro atoms. The second-order valence-corrected chi connectivity index (χ2v) is 9.68. The minimum Gasteiger partial charge on any atom is -0.331 e. The van der Waals surface area contributed by atoms with E-state index in [0.29, 0.717) is 13.1 Å². The number of rotatable bonds is 9. The molecule has 4 rings (SSSR count). The molecular weight excluding hydrogens is 420 g/mol. The molecule has 0 aromatic heterocycles. The Morgan fingerprint density at radius 2 is 1.38 bits per heavy atom. The fourth-order valence-electron chi connectivity index (χ4n) is 3.34. The van der Waals surface area contributed by atoms with E-state index in [1.807, 2.05) is 60.7 Å². The van der Waals surface area contributed by atoms with Crippen LogP contribution in [-0.2, 0) is 27.9 Å². The summed E-state index contributed by atoms with van der Waals surface area (Å²) < 4.78 is 27.3. The van der Waals surface area contributed by atoms with Gasteiger partial charge in [0.25, 0.3) is 0 Å². The predicted molar refractivity (Wildman–Crippen MR) is 126 cm³/mol. The van der Waals surface area contributed by atoms with E-state index >= 15 is 0 Å². The fourth-order valence-corrected chi connectivity index (χ4v) is 4.64. The van der Waals surface area contributed by atoms with E-state index in [1.165, 1.54) is 6.08 Å². The number of hydrogen-bond acceptors (Lipinski definition) is 3. The largest absolute Gasteiger partial charge is 0.331 e. The molecule has 0 atom stereocenters. The molecule has 1 saturated carbocycles. The van der Waals surface area contributed by atoms with Crippen LogP contribution in [0, 0.1) is 0 Å². The number of nitrogens with one attached hydrogen (secondary N) is 1. The third-order valence-corrected chi connectivity index (χ3v) is 6.79. The lowest BCUT2D eigenvalue weighted by atomic mass is 10.1.